The van der Waals surface area contributed by atoms with Crippen molar-refractivity contribution in [1.29, 1.82) is 0 Å². The number of hydrogen-bond acceptors (Lipinski definition) is 5. The van der Waals surface area contributed by atoms with E-state index in [9.17, 15) is 4.79 Å². The molecule has 2 aromatic carbocycles. The number of rotatable bonds is 13. The highest BCUT2D eigenvalue weighted by molar-refractivity contribution is 5.73. The van der Waals surface area contributed by atoms with Gasteiger partial charge in [-0.1, -0.05) is 58.6 Å². The second kappa shape index (κ2) is 13.5. The van der Waals surface area contributed by atoms with Gasteiger partial charge in [-0.3, -0.25) is 4.79 Å². The zero-order valence-electron chi connectivity index (χ0n) is 20.6. The molecule has 0 saturated heterocycles. The normalized spacial score (nSPS) is 11.7. The number of benzene rings is 2. The maximum Gasteiger partial charge on any atom is 0.311 e. The van der Waals surface area contributed by atoms with E-state index < -0.39 is 0 Å². The van der Waals surface area contributed by atoms with Gasteiger partial charge in [0.25, 0.3) is 0 Å². The molecule has 180 valence electrons. The average molecular weight is 461 g/mol. The Balaban J connectivity index is 1.53. The fraction of sp³-hybridized carbons (Fsp3) is 0.414. The molecule has 1 unspecified atom stereocenters. The minimum atomic E-state index is -0.186. The highest BCUT2D eigenvalue weighted by Crippen LogP contribution is 2.24. The van der Waals surface area contributed by atoms with E-state index in [2.05, 4.69) is 30.7 Å². The van der Waals surface area contributed by atoms with Crippen molar-refractivity contribution in [2.75, 3.05) is 6.61 Å². The summed E-state index contributed by atoms with van der Waals surface area (Å²) >= 11 is 0. The minimum Gasteiger partial charge on any atom is -0.494 e. The Labute approximate surface area is 203 Å². The molecular weight excluding hydrogens is 424 g/mol. The van der Waals surface area contributed by atoms with Crippen molar-refractivity contribution >= 4 is 5.97 Å². The SMILES string of the molecule is CCCCCCOc1ccc(-c2ncc(-c3ccc(OC(=O)CCC(C)CC)cc3)cn2)cc1. The number of nitrogens with zero attached hydrogens (tertiary/aromatic N) is 2. The Morgan fingerprint density at radius 1 is 0.824 bits per heavy atom. The van der Waals surface area contributed by atoms with Crippen molar-refractivity contribution in [2.45, 2.75) is 65.7 Å². The number of unbranched alkanes of at least 4 members (excludes halogenated alkanes) is 3. The molecule has 0 aliphatic rings. The molecule has 0 amide bonds. The summed E-state index contributed by atoms with van der Waals surface area (Å²) in [6.07, 6.45) is 10.8. The van der Waals surface area contributed by atoms with Crippen LogP contribution in [0.25, 0.3) is 22.5 Å². The second-order valence-electron chi connectivity index (χ2n) is 8.78. The Bertz CT molecular complexity index is 999. The minimum absolute atomic E-state index is 0.186. The van der Waals surface area contributed by atoms with E-state index in [1.165, 1.54) is 19.3 Å². The topological polar surface area (TPSA) is 61.3 Å². The fourth-order valence-electron chi connectivity index (χ4n) is 3.51. The number of carbonyl (C=O) groups is 1. The average Bonchev–Trinajstić information content (AvgIpc) is 2.88. The van der Waals surface area contributed by atoms with E-state index in [0.29, 0.717) is 23.9 Å². The molecule has 1 aromatic heterocycles. The van der Waals surface area contributed by atoms with E-state index in [-0.39, 0.29) is 5.97 Å². The van der Waals surface area contributed by atoms with Crippen LogP contribution in [0.15, 0.2) is 60.9 Å². The van der Waals surface area contributed by atoms with Crippen LogP contribution in [-0.2, 0) is 4.79 Å². The van der Waals surface area contributed by atoms with E-state index in [0.717, 1.165) is 48.3 Å². The molecule has 0 aliphatic heterocycles. The fourth-order valence-corrected chi connectivity index (χ4v) is 3.51. The predicted molar refractivity (Wildman–Crippen MR) is 137 cm³/mol. The van der Waals surface area contributed by atoms with Gasteiger partial charge < -0.3 is 9.47 Å². The van der Waals surface area contributed by atoms with Gasteiger partial charge in [0.05, 0.1) is 6.61 Å². The highest BCUT2D eigenvalue weighted by atomic mass is 16.5. The van der Waals surface area contributed by atoms with Crippen molar-refractivity contribution in [3.63, 3.8) is 0 Å². The maximum absolute atomic E-state index is 12.0. The molecule has 0 N–H and O–H groups in total. The van der Waals surface area contributed by atoms with Crippen LogP contribution in [0, 0.1) is 5.92 Å². The zero-order valence-corrected chi connectivity index (χ0v) is 20.6. The molecule has 34 heavy (non-hydrogen) atoms. The molecule has 0 radical (unpaired) electrons. The molecule has 3 rings (SSSR count). The molecule has 0 aliphatic carbocycles. The third kappa shape index (κ3) is 7.98. The molecule has 0 spiro atoms. The monoisotopic (exact) mass is 460 g/mol. The van der Waals surface area contributed by atoms with Gasteiger partial charge in [-0.05, 0) is 60.7 Å². The number of esters is 1. The van der Waals surface area contributed by atoms with Gasteiger partial charge in [0, 0.05) is 29.9 Å². The van der Waals surface area contributed by atoms with Crippen molar-refractivity contribution < 1.29 is 14.3 Å². The molecule has 5 heteroatoms. The van der Waals surface area contributed by atoms with Gasteiger partial charge in [0.2, 0.25) is 0 Å². The molecular formula is C29H36N2O3. The lowest BCUT2D eigenvalue weighted by Gasteiger charge is -2.09. The van der Waals surface area contributed by atoms with Crippen molar-refractivity contribution in [3.05, 3.63) is 60.9 Å². The van der Waals surface area contributed by atoms with Crippen molar-refractivity contribution in [2.24, 2.45) is 5.92 Å². The smallest absolute Gasteiger partial charge is 0.311 e. The lowest BCUT2D eigenvalue weighted by molar-refractivity contribution is -0.134. The van der Waals surface area contributed by atoms with Crippen LogP contribution >= 0.6 is 0 Å². The lowest BCUT2D eigenvalue weighted by Crippen LogP contribution is -2.09. The molecule has 3 aromatic rings. The summed E-state index contributed by atoms with van der Waals surface area (Å²) < 4.78 is 11.3. The first-order chi connectivity index (χ1) is 16.6. The van der Waals surface area contributed by atoms with Gasteiger partial charge in [-0.2, -0.15) is 0 Å². The molecule has 0 bridgehead atoms. The Morgan fingerprint density at radius 2 is 1.47 bits per heavy atom. The Kier molecular flexibility index (Phi) is 10.1. The third-order valence-corrected chi connectivity index (χ3v) is 5.99. The van der Waals surface area contributed by atoms with Crippen LogP contribution in [0.1, 0.15) is 65.7 Å². The van der Waals surface area contributed by atoms with E-state index in [4.69, 9.17) is 9.47 Å². The van der Waals surface area contributed by atoms with Crippen LogP contribution in [0.4, 0.5) is 0 Å². The first-order valence-electron chi connectivity index (χ1n) is 12.5. The summed E-state index contributed by atoms with van der Waals surface area (Å²) in [5.41, 5.74) is 2.83. The van der Waals surface area contributed by atoms with E-state index >= 15 is 0 Å². The van der Waals surface area contributed by atoms with Gasteiger partial charge in [-0.15, -0.1) is 0 Å². The summed E-state index contributed by atoms with van der Waals surface area (Å²) in [6.45, 7) is 7.24. The first kappa shape index (κ1) is 25.4. The molecule has 5 nitrogen and oxygen atoms in total. The lowest BCUT2D eigenvalue weighted by atomic mass is 10.0. The van der Waals surface area contributed by atoms with Gasteiger partial charge in [0.15, 0.2) is 5.82 Å². The van der Waals surface area contributed by atoms with Crippen LogP contribution < -0.4 is 9.47 Å². The largest absolute Gasteiger partial charge is 0.494 e. The Morgan fingerprint density at radius 3 is 2.12 bits per heavy atom. The summed E-state index contributed by atoms with van der Waals surface area (Å²) in [4.78, 5) is 21.1. The maximum atomic E-state index is 12.0. The highest BCUT2D eigenvalue weighted by Gasteiger charge is 2.09. The second-order valence-corrected chi connectivity index (χ2v) is 8.78. The van der Waals surface area contributed by atoms with Gasteiger partial charge >= 0.3 is 5.97 Å². The van der Waals surface area contributed by atoms with Gasteiger partial charge in [-0.25, -0.2) is 9.97 Å². The van der Waals surface area contributed by atoms with Crippen molar-refractivity contribution in [3.8, 4) is 34.0 Å². The summed E-state index contributed by atoms with van der Waals surface area (Å²) in [7, 11) is 0. The predicted octanol–water partition coefficient (Wildman–Crippen LogP) is 7.50. The van der Waals surface area contributed by atoms with Crippen LogP contribution in [0.2, 0.25) is 0 Å². The molecule has 1 atom stereocenters. The Hall–Kier alpha value is -3.21. The molecule has 1 heterocycles. The summed E-state index contributed by atoms with van der Waals surface area (Å²) in [5, 5.41) is 0. The number of carbonyl (C=O) groups excluding carboxylic acids is 1. The summed E-state index contributed by atoms with van der Waals surface area (Å²) in [6, 6.07) is 15.4. The first-order valence-corrected chi connectivity index (χ1v) is 12.5. The number of hydrogen-bond donors (Lipinski definition) is 0. The van der Waals surface area contributed by atoms with Gasteiger partial charge in [0.1, 0.15) is 11.5 Å². The van der Waals surface area contributed by atoms with E-state index in [1.54, 1.807) is 0 Å². The quantitative estimate of drug-likeness (QED) is 0.150. The van der Waals surface area contributed by atoms with Crippen LogP contribution in [0.3, 0.4) is 0 Å². The molecule has 0 saturated carbocycles. The van der Waals surface area contributed by atoms with E-state index in [1.807, 2.05) is 60.9 Å². The van der Waals surface area contributed by atoms with Crippen LogP contribution in [-0.4, -0.2) is 22.5 Å². The number of aromatic nitrogens is 2. The third-order valence-electron chi connectivity index (χ3n) is 5.99. The van der Waals surface area contributed by atoms with Crippen LogP contribution in [0.5, 0.6) is 11.5 Å². The number of ether oxygens (including phenoxy) is 2. The zero-order chi connectivity index (χ0) is 24.2. The summed E-state index contributed by atoms with van der Waals surface area (Å²) in [5.74, 6) is 2.45. The standard InChI is InChI=1S/C29H36N2O3/c1-4-6-7-8-19-33-26-14-12-24(13-15-26)29-30-20-25(21-31-29)23-10-16-27(17-11-23)34-28(32)18-9-22(3)5-2/h10-17,20-22H,4-9,18-19H2,1-3H3. The van der Waals surface area contributed by atoms with Crippen molar-refractivity contribution in [1.82, 2.24) is 9.97 Å². The molecule has 0 fully saturated rings.